The first-order valence-corrected chi connectivity index (χ1v) is 8.72. The van der Waals surface area contributed by atoms with E-state index in [-0.39, 0.29) is 23.8 Å². The fourth-order valence-electron chi connectivity index (χ4n) is 2.66. The van der Waals surface area contributed by atoms with Gasteiger partial charge in [-0.25, -0.2) is 0 Å². The fourth-order valence-corrected chi connectivity index (χ4v) is 2.66. The number of non-ortho nitro benzene ring substituents is 1. The topological polar surface area (TPSA) is 99.3 Å². The summed E-state index contributed by atoms with van der Waals surface area (Å²) in [5.41, 5.74) is 2.16. The van der Waals surface area contributed by atoms with E-state index in [0.29, 0.717) is 18.0 Å². The van der Waals surface area contributed by atoms with Gasteiger partial charge >= 0.3 is 0 Å². The van der Waals surface area contributed by atoms with Gasteiger partial charge < -0.3 is 10.1 Å². The molecule has 0 spiro atoms. The van der Waals surface area contributed by atoms with E-state index in [0.717, 1.165) is 11.1 Å². The van der Waals surface area contributed by atoms with Gasteiger partial charge in [0.1, 0.15) is 11.5 Å². The number of ether oxygens (including phenoxy) is 1. The summed E-state index contributed by atoms with van der Waals surface area (Å²) in [5.74, 6) is 0.569. The van der Waals surface area contributed by atoms with Crippen LogP contribution in [0.2, 0.25) is 0 Å². The van der Waals surface area contributed by atoms with Crippen molar-refractivity contribution in [3.63, 3.8) is 0 Å². The molecule has 0 bridgehead atoms. The second kappa shape index (κ2) is 8.34. The Kier molecular flexibility index (Phi) is 5.69. The molecule has 8 nitrogen and oxygen atoms in total. The Hall–Kier alpha value is -3.68. The highest BCUT2D eigenvalue weighted by Crippen LogP contribution is 2.30. The maximum atomic E-state index is 12.2. The molecule has 0 aliphatic heterocycles. The van der Waals surface area contributed by atoms with Crippen molar-refractivity contribution >= 4 is 17.3 Å². The van der Waals surface area contributed by atoms with Crippen LogP contribution in [0.25, 0.3) is 0 Å². The molecule has 0 aliphatic rings. The van der Waals surface area contributed by atoms with Crippen LogP contribution in [-0.4, -0.2) is 20.6 Å². The zero-order valence-corrected chi connectivity index (χ0v) is 15.6. The molecule has 8 heteroatoms. The number of amides is 1. The third-order valence-corrected chi connectivity index (χ3v) is 3.94. The molecule has 0 aliphatic carbocycles. The van der Waals surface area contributed by atoms with E-state index in [1.165, 1.54) is 12.1 Å². The van der Waals surface area contributed by atoms with Gasteiger partial charge in [0.2, 0.25) is 5.91 Å². The Labute approximate surface area is 161 Å². The summed E-state index contributed by atoms with van der Waals surface area (Å²) < 4.78 is 7.41. The molecular formula is C20H20N4O4. The highest BCUT2D eigenvalue weighted by atomic mass is 16.6. The molecule has 1 N–H and O–H groups in total. The van der Waals surface area contributed by atoms with Gasteiger partial charge in [0, 0.05) is 31.3 Å². The van der Waals surface area contributed by atoms with E-state index < -0.39 is 4.92 Å². The average molecular weight is 380 g/mol. The van der Waals surface area contributed by atoms with Crippen molar-refractivity contribution in [2.45, 2.75) is 26.8 Å². The smallest absolute Gasteiger partial charge is 0.275 e. The molecule has 1 amide bonds. The molecule has 0 fully saturated rings. The van der Waals surface area contributed by atoms with Crippen LogP contribution in [0.1, 0.15) is 17.5 Å². The molecule has 3 rings (SSSR count). The number of carbonyl (C=O) groups excluding carboxylic acids is 1. The maximum absolute atomic E-state index is 12.2. The second-order valence-electron chi connectivity index (χ2n) is 6.47. The Morgan fingerprint density at radius 2 is 2.00 bits per heavy atom. The number of benzene rings is 2. The number of carbonyl (C=O) groups is 1. The monoisotopic (exact) mass is 380 g/mol. The lowest BCUT2D eigenvalue weighted by molar-refractivity contribution is -0.384. The van der Waals surface area contributed by atoms with Gasteiger partial charge in [-0.1, -0.05) is 12.1 Å². The number of hydrogen-bond acceptors (Lipinski definition) is 5. The molecule has 144 valence electrons. The van der Waals surface area contributed by atoms with Crippen molar-refractivity contribution < 1.29 is 14.5 Å². The number of rotatable bonds is 7. The van der Waals surface area contributed by atoms with Crippen LogP contribution in [0.4, 0.5) is 11.4 Å². The fraction of sp³-hybridized carbons (Fsp3) is 0.200. The van der Waals surface area contributed by atoms with Gasteiger partial charge in [-0.15, -0.1) is 0 Å². The van der Waals surface area contributed by atoms with Crippen LogP contribution in [0, 0.1) is 24.0 Å². The number of nitrogens with one attached hydrogen (secondary N) is 1. The lowest BCUT2D eigenvalue weighted by Gasteiger charge is -2.10. The number of nitrogens with zero attached hydrogens (tertiary/aromatic N) is 3. The summed E-state index contributed by atoms with van der Waals surface area (Å²) >= 11 is 0. The summed E-state index contributed by atoms with van der Waals surface area (Å²) in [7, 11) is 0. The zero-order valence-electron chi connectivity index (χ0n) is 15.6. The molecule has 1 aromatic heterocycles. The first kappa shape index (κ1) is 19.1. The maximum Gasteiger partial charge on any atom is 0.275 e. The standard InChI is InChI=1S/C20H20N4O4/c1-14-4-3-5-18(8-14)28-19-10-16(9-17(11-19)24(26)27)22-20(25)6-7-23-13-15(2)12-21-23/h3-5,8-13H,6-7H2,1-2H3,(H,22,25). The van der Waals surface area contributed by atoms with Gasteiger partial charge in [0.05, 0.1) is 22.9 Å². The minimum absolute atomic E-state index is 0.164. The Bertz CT molecular complexity index is 1010. The van der Waals surface area contributed by atoms with Crippen LogP contribution < -0.4 is 10.1 Å². The first-order chi connectivity index (χ1) is 13.4. The molecular weight excluding hydrogens is 360 g/mol. The van der Waals surface area contributed by atoms with Crippen molar-refractivity contribution in [1.82, 2.24) is 9.78 Å². The molecule has 0 unspecified atom stereocenters. The Balaban J connectivity index is 1.73. The minimum atomic E-state index is -0.523. The zero-order chi connectivity index (χ0) is 20.1. The lowest BCUT2D eigenvalue weighted by atomic mass is 10.2. The van der Waals surface area contributed by atoms with E-state index in [4.69, 9.17) is 4.74 Å². The van der Waals surface area contributed by atoms with Gasteiger partial charge in [0.25, 0.3) is 5.69 Å². The van der Waals surface area contributed by atoms with Gasteiger partial charge in [0.15, 0.2) is 0 Å². The van der Waals surface area contributed by atoms with Crippen LogP contribution in [0.15, 0.2) is 54.9 Å². The Morgan fingerprint density at radius 1 is 1.18 bits per heavy atom. The number of nitro benzene ring substituents is 1. The van der Waals surface area contributed by atoms with E-state index in [1.807, 2.05) is 38.2 Å². The van der Waals surface area contributed by atoms with Gasteiger partial charge in [-0.2, -0.15) is 5.10 Å². The van der Waals surface area contributed by atoms with Crippen LogP contribution in [-0.2, 0) is 11.3 Å². The Morgan fingerprint density at radius 3 is 2.68 bits per heavy atom. The molecule has 0 atom stereocenters. The van der Waals surface area contributed by atoms with E-state index in [1.54, 1.807) is 23.0 Å². The number of hydrogen-bond donors (Lipinski definition) is 1. The normalized spacial score (nSPS) is 10.5. The van der Waals surface area contributed by atoms with Crippen molar-refractivity contribution in [3.8, 4) is 11.5 Å². The predicted molar refractivity (Wildman–Crippen MR) is 105 cm³/mol. The molecule has 0 radical (unpaired) electrons. The summed E-state index contributed by atoms with van der Waals surface area (Å²) in [4.78, 5) is 22.9. The van der Waals surface area contributed by atoms with Crippen molar-refractivity contribution in [2.75, 3.05) is 5.32 Å². The lowest BCUT2D eigenvalue weighted by Crippen LogP contribution is -2.15. The van der Waals surface area contributed by atoms with Crippen molar-refractivity contribution in [2.24, 2.45) is 0 Å². The van der Waals surface area contributed by atoms with Crippen molar-refractivity contribution in [1.29, 1.82) is 0 Å². The van der Waals surface area contributed by atoms with E-state index in [2.05, 4.69) is 10.4 Å². The third kappa shape index (κ3) is 5.16. The minimum Gasteiger partial charge on any atom is -0.457 e. The van der Waals surface area contributed by atoms with Crippen LogP contribution in [0.3, 0.4) is 0 Å². The molecule has 28 heavy (non-hydrogen) atoms. The first-order valence-electron chi connectivity index (χ1n) is 8.72. The number of nitro groups is 1. The van der Waals surface area contributed by atoms with E-state index >= 15 is 0 Å². The highest BCUT2D eigenvalue weighted by molar-refractivity contribution is 5.91. The molecule has 1 heterocycles. The summed E-state index contributed by atoms with van der Waals surface area (Å²) in [6, 6.07) is 11.5. The summed E-state index contributed by atoms with van der Waals surface area (Å²) in [6.45, 7) is 4.26. The summed E-state index contributed by atoms with van der Waals surface area (Å²) in [5, 5.41) is 18.1. The number of aromatic nitrogens is 2. The van der Waals surface area contributed by atoms with Crippen LogP contribution in [0.5, 0.6) is 11.5 Å². The predicted octanol–water partition coefficient (Wildman–Crippen LogP) is 4.23. The number of anilines is 1. The molecule has 0 saturated heterocycles. The van der Waals surface area contributed by atoms with Crippen molar-refractivity contribution in [3.05, 3.63) is 76.1 Å². The highest BCUT2D eigenvalue weighted by Gasteiger charge is 2.13. The molecule has 2 aromatic carbocycles. The molecule has 3 aromatic rings. The largest absolute Gasteiger partial charge is 0.457 e. The van der Waals surface area contributed by atoms with Gasteiger partial charge in [-0.05, 0) is 37.1 Å². The summed E-state index contributed by atoms with van der Waals surface area (Å²) in [6.07, 6.45) is 3.75. The molecule has 0 saturated carbocycles. The third-order valence-electron chi connectivity index (χ3n) is 3.94. The number of aryl methyl sites for hydroxylation is 3. The average Bonchev–Trinajstić information content (AvgIpc) is 3.05. The SMILES string of the molecule is Cc1cccc(Oc2cc(NC(=O)CCn3cc(C)cn3)cc([N+](=O)[O-])c2)c1. The second-order valence-corrected chi connectivity index (χ2v) is 6.47. The quantitative estimate of drug-likeness (QED) is 0.488. The van der Waals surface area contributed by atoms with Gasteiger partial charge in [-0.3, -0.25) is 19.6 Å². The van der Waals surface area contributed by atoms with E-state index in [9.17, 15) is 14.9 Å². The van der Waals surface area contributed by atoms with Crippen LogP contribution >= 0.6 is 0 Å².